The largest absolute Gasteiger partial charge is 0.317 e. The molecule has 0 aliphatic heterocycles. The van der Waals surface area contributed by atoms with E-state index < -0.39 is 0 Å². The molecule has 0 saturated heterocycles. The number of hydrogen-bond donors (Lipinski definition) is 1. The Morgan fingerprint density at radius 1 is 1.31 bits per heavy atom. The highest BCUT2D eigenvalue weighted by molar-refractivity contribution is 7.99. The highest BCUT2D eigenvalue weighted by atomic mass is 32.2. The van der Waals surface area contributed by atoms with Crippen LogP contribution in [-0.2, 0) is 0 Å². The predicted molar refractivity (Wildman–Crippen MR) is 74.3 cm³/mol. The van der Waals surface area contributed by atoms with Crippen LogP contribution in [-0.4, -0.2) is 18.8 Å². The van der Waals surface area contributed by atoms with E-state index in [2.05, 4.69) is 50.5 Å². The molecule has 0 bridgehead atoms. The highest BCUT2D eigenvalue weighted by Crippen LogP contribution is 2.23. The molecule has 0 fully saturated rings. The molecule has 1 aromatic rings. The fourth-order valence-electron chi connectivity index (χ4n) is 1.78. The normalized spacial score (nSPS) is 12.7. The molecule has 0 aliphatic carbocycles. The summed E-state index contributed by atoms with van der Waals surface area (Å²) in [5.74, 6) is 1.23. The van der Waals surface area contributed by atoms with Gasteiger partial charge in [-0.05, 0) is 50.6 Å². The Morgan fingerprint density at radius 2 is 2.06 bits per heavy atom. The zero-order valence-corrected chi connectivity index (χ0v) is 11.4. The number of hydrogen-bond acceptors (Lipinski definition) is 2. The molecular formula is C14H23NS. The topological polar surface area (TPSA) is 12.0 Å². The van der Waals surface area contributed by atoms with Gasteiger partial charge in [-0.15, -0.1) is 11.8 Å². The number of thioether (sulfide) groups is 1. The van der Waals surface area contributed by atoms with Gasteiger partial charge in [-0.1, -0.05) is 25.1 Å². The van der Waals surface area contributed by atoms with Crippen LogP contribution in [0.2, 0.25) is 0 Å². The van der Waals surface area contributed by atoms with Gasteiger partial charge < -0.3 is 5.32 Å². The smallest absolute Gasteiger partial charge is 0.0101 e. The van der Waals surface area contributed by atoms with Gasteiger partial charge in [0.15, 0.2) is 0 Å². The van der Waals surface area contributed by atoms with Crippen molar-refractivity contribution in [1.29, 1.82) is 0 Å². The van der Waals surface area contributed by atoms with Crippen molar-refractivity contribution in [3.05, 3.63) is 29.8 Å². The average Bonchev–Trinajstić information content (AvgIpc) is 2.31. The van der Waals surface area contributed by atoms with E-state index in [4.69, 9.17) is 0 Å². The summed E-state index contributed by atoms with van der Waals surface area (Å²) in [7, 11) is 2.06. The van der Waals surface area contributed by atoms with Gasteiger partial charge in [0.25, 0.3) is 0 Å². The number of nitrogens with one attached hydrogen (secondary N) is 1. The van der Waals surface area contributed by atoms with E-state index in [-0.39, 0.29) is 0 Å². The Labute approximate surface area is 104 Å². The van der Waals surface area contributed by atoms with Crippen LogP contribution in [0.4, 0.5) is 0 Å². The second-order valence-corrected chi connectivity index (χ2v) is 5.29. The third-order valence-corrected chi connectivity index (χ3v) is 4.21. The summed E-state index contributed by atoms with van der Waals surface area (Å²) in [5.41, 5.74) is 1.40. The minimum Gasteiger partial charge on any atom is -0.317 e. The lowest BCUT2D eigenvalue weighted by molar-refractivity contribution is 0.504. The van der Waals surface area contributed by atoms with Gasteiger partial charge in [0.2, 0.25) is 0 Å². The Bertz CT molecular complexity index is 295. The van der Waals surface area contributed by atoms with E-state index in [1.807, 2.05) is 11.8 Å². The Kier molecular flexibility index (Phi) is 6.58. The lowest BCUT2D eigenvalue weighted by Gasteiger charge is -2.13. The van der Waals surface area contributed by atoms with E-state index in [0.717, 1.165) is 0 Å². The van der Waals surface area contributed by atoms with Crippen molar-refractivity contribution in [2.45, 2.75) is 44.0 Å². The summed E-state index contributed by atoms with van der Waals surface area (Å²) in [6.45, 7) is 4.43. The predicted octanol–water partition coefficient (Wildman–Crippen LogP) is 3.87. The highest BCUT2D eigenvalue weighted by Gasteiger charge is 2.03. The molecule has 0 aliphatic rings. The van der Waals surface area contributed by atoms with Crippen molar-refractivity contribution < 1.29 is 0 Å². The lowest BCUT2D eigenvalue weighted by atomic mass is 10.1. The number of aryl methyl sites for hydroxylation is 1. The molecule has 0 aromatic heterocycles. The van der Waals surface area contributed by atoms with E-state index in [1.54, 1.807) is 0 Å². The van der Waals surface area contributed by atoms with Crippen LogP contribution in [0.15, 0.2) is 29.2 Å². The van der Waals surface area contributed by atoms with Crippen LogP contribution in [0.3, 0.4) is 0 Å². The monoisotopic (exact) mass is 237 g/mol. The van der Waals surface area contributed by atoms with Crippen LogP contribution in [0.5, 0.6) is 0 Å². The third kappa shape index (κ3) is 4.58. The van der Waals surface area contributed by atoms with Gasteiger partial charge in [0.1, 0.15) is 0 Å². The molecule has 0 amide bonds. The molecule has 1 rings (SSSR count). The van der Waals surface area contributed by atoms with Crippen LogP contribution in [0, 0.1) is 6.92 Å². The van der Waals surface area contributed by atoms with Crippen LogP contribution >= 0.6 is 11.8 Å². The Hall–Kier alpha value is -0.470. The van der Waals surface area contributed by atoms with Crippen molar-refractivity contribution in [1.82, 2.24) is 5.32 Å². The zero-order valence-electron chi connectivity index (χ0n) is 10.6. The minimum absolute atomic E-state index is 0.692. The van der Waals surface area contributed by atoms with Gasteiger partial charge in [-0.2, -0.15) is 0 Å². The van der Waals surface area contributed by atoms with Gasteiger partial charge in [-0.25, -0.2) is 0 Å². The van der Waals surface area contributed by atoms with Gasteiger partial charge in [0.05, 0.1) is 0 Å². The first-order chi connectivity index (χ1) is 7.77. The quantitative estimate of drug-likeness (QED) is 0.571. The van der Waals surface area contributed by atoms with Crippen molar-refractivity contribution in [2.75, 3.05) is 12.8 Å². The second kappa shape index (κ2) is 7.75. The third-order valence-electron chi connectivity index (χ3n) is 2.95. The molecule has 1 aromatic carbocycles. The van der Waals surface area contributed by atoms with Gasteiger partial charge in [0, 0.05) is 10.9 Å². The molecule has 0 heterocycles. The molecule has 1 nitrogen and oxygen atoms in total. The first-order valence-corrected chi connectivity index (χ1v) is 7.12. The van der Waals surface area contributed by atoms with Crippen molar-refractivity contribution in [3.63, 3.8) is 0 Å². The van der Waals surface area contributed by atoms with Gasteiger partial charge in [-0.3, -0.25) is 0 Å². The molecule has 16 heavy (non-hydrogen) atoms. The van der Waals surface area contributed by atoms with Crippen LogP contribution in [0.25, 0.3) is 0 Å². The van der Waals surface area contributed by atoms with Crippen molar-refractivity contribution in [3.8, 4) is 0 Å². The summed E-state index contributed by atoms with van der Waals surface area (Å²) in [5, 5.41) is 3.35. The first-order valence-electron chi connectivity index (χ1n) is 6.13. The maximum Gasteiger partial charge on any atom is 0.0101 e. The van der Waals surface area contributed by atoms with Crippen molar-refractivity contribution >= 4 is 11.8 Å². The molecule has 0 spiro atoms. The summed E-state index contributed by atoms with van der Waals surface area (Å²) in [6, 6.07) is 9.32. The second-order valence-electron chi connectivity index (χ2n) is 4.15. The minimum atomic E-state index is 0.692. The SMILES string of the molecule is CCC(CCCSc1ccccc1C)NC. The summed E-state index contributed by atoms with van der Waals surface area (Å²) in [4.78, 5) is 1.43. The van der Waals surface area contributed by atoms with E-state index >= 15 is 0 Å². The van der Waals surface area contributed by atoms with Crippen LogP contribution in [0.1, 0.15) is 31.7 Å². The summed E-state index contributed by atoms with van der Waals surface area (Å²) in [6.07, 6.45) is 3.80. The fraction of sp³-hybridized carbons (Fsp3) is 0.571. The Morgan fingerprint density at radius 3 is 2.69 bits per heavy atom. The standard InChI is InChI=1S/C14H23NS/c1-4-13(15-3)9-7-11-16-14-10-6-5-8-12(14)2/h5-6,8,10,13,15H,4,7,9,11H2,1-3H3. The van der Waals surface area contributed by atoms with E-state index in [0.29, 0.717) is 6.04 Å². The van der Waals surface area contributed by atoms with Crippen molar-refractivity contribution in [2.24, 2.45) is 0 Å². The number of rotatable bonds is 7. The first kappa shape index (κ1) is 13.6. The molecule has 1 atom stereocenters. The van der Waals surface area contributed by atoms with Gasteiger partial charge >= 0.3 is 0 Å². The lowest BCUT2D eigenvalue weighted by Crippen LogP contribution is -2.23. The molecular weight excluding hydrogens is 214 g/mol. The Balaban J connectivity index is 2.23. The molecule has 1 unspecified atom stereocenters. The summed E-state index contributed by atoms with van der Waals surface area (Å²) >= 11 is 1.98. The summed E-state index contributed by atoms with van der Waals surface area (Å²) < 4.78 is 0. The number of benzene rings is 1. The maximum absolute atomic E-state index is 3.35. The zero-order chi connectivity index (χ0) is 11.8. The van der Waals surface area contributed by atoms with Crippen LogP contribution < -0.4 is 5.32 Å². The molecule has 0 radical (unpaired) electrons. The molecule has 1 N–H and O–H groups in total. The van der Waals surface area contributed by atoms with E-state index in [9.17, 15) is 0 Å². The molecule has 90 valence electrons. The fourth-order valence-corrected chi connectivity index (χ4v) is 2.78. The maximum atomic E-state index is 3.35. The molecule has 0 saturated carbocycles. The van der Waals surface area contributed by atoms with E-state index in [1.165, 1.54) is 35.5 Å². The molecule has 2 heteroatoms. The average molecular weight is 237 g/mol.